The third-order valence-electron chi connectivity index (χ3n) is 3.51. The van der Waals surface area contributed by atoms with Crippen LogP contribution >= 0.6 is 11.6 Å². The van der Waals surface area contributed by atoms with E-state index < -0.39 is 0 Å². The largest absolute Gasteiger partial charge is 0.489 e. The van der Waals surface area contributed by atoms with Gasteiger partial charge < -0.3 is 4.74 Å². The number of nitriles is 1. The van der Waals surface area contributed by atoms with Crippen LogP contribution in [-0.2, 0) is 6.61 Å². The van der Waals surface area contributed by atoms with Crippen LogP contribution in [0, 0.1) is 11.3 Å². The van der Waals surface area contributed by atoms with Crippen LogP contribution in [0.1, 0.15) is 11.1 Å². The Morgan fingerprint density at radius 1 is 0.913 bits per heavy atom. The summed E-state index contributed by atoms with van der Waals surface area (Å²) in [6.07, 6.45) is 0. The SMILES string of the molecule is N#Cc1ccc(Cl)c(-c2ccc(OCc3ccccc3)cc2)c1. The molecular formula is C20H14ClNO. The lowest BCUT2D eigenvalue weighted by molar-refractivity contribution is 0.306. The highest BCUT2D eigenvalue weighted by Gasteiger charge is 2.05. The highest BCUT2D eigenvalue weighted by Crippen LogP contribution is 2.30. The van der Waals surface area contributed by atoms with Crippen LogP contribution in [0.4, 0.5) is 0 Å². The fourth-order valence-electron chi connectivity index (χ4n) is 2.29. The molecule has 0 saturated heterocycles. The van der Waals surface area contributed by atoms with Gasteiger partial charge in [-0.2, -0.15) is 5.26 Å². The Hall–Kier alpha value is -2.76. The van der Waals surface area contributed by atoms with Crippen LogP contribution in [0.3, 0.4) is 0 Å². The Balaban J connectivity index is 1.76. The fraction of sp³-hybridized carbons (Fsp3) is 0.0500. The molecule has 3 heteroatoms. The maximum atomic E-state index is 9.01. The summed E-state index contributed by atoms with van der Waals surface area (Å²) in [6, 6.07) is 25.1. The summed E-state index contributed by atoms with van der Waals surface area (Å²) in [6.45, 7) is 0.533. The van der Waals surface area contributed by atoms with E-state index in [0.717, 1.165) is 22.4 Å². The second kappa shape index (κ2) is 7.00. The van der Waals surface area contributed by atoms with Crippen molar-refractivity contribution in [2.45, 2.75) is 6.61 Å². The van der Waals surface area contributed by atoms with E-state index in [4.69, 9.17) is 21.6 Å². The number of ether oxygens (including phenoxy) is 1. The number of benzene rings is 3. The fourth-order valence-corrected chi connectivity index (χ4v) is 2.51. The Kier molecular flexibility index (Phi) is 4.61. The van der Waals surface area contributed by atoms with E-state index in [1.165, 1.54) is 0 Å². The summed E-state index contributed by atoms with van der Waals surface area (Å²) in [5, 5.41) is 9.64. The average Bonchev–Trinajstić information content (AvgIpc) is 2.62. The molecule has 0 amide bonds. The Bertz CT molecular complexity index is 836. The number of halogens is 1. The molecule has 0 fully saturated rings. The number of hydrogen-bond acceptors (Lipinski definition) is 2. The Morgan fingerprint density at radius 2 is 1.65 bits per heavy atom. The second-order valence-electron chi connectivity index (χ2n) is 5.11. The van der Waals surface area contributed by atoms with E-state index in [9.17, 15) is 0 Å². The van der Waals surface area contributed by atoms with Gasteiger partial charge in [0.15, 0.2) is 0 Å². The van der Waals surface area contributed by atoms with Crippen molar-refractivity contribution in [2.75, 3.05) is 0 Å². The van der Waals surface area contributed by atoms with Gasteiger partial charge in [-0.25, -0.2) is 0 Å². The average molecular weight is 320 g/mol. The van der Waals surface area contributed by atoms with Gasteiger partial charge in [-0.1, -0.05) is 54.1 Å². The highest BCUT2D eigenvalue weighted by atomic mass is 35.5. The zero-order valence-corrected chi connectivity index (χ0v) is 13.1. The quantitative estimate of drug-likeness (QED) is 0.640. The minimum Gasteiger partial charge on any atom is -0.489 e. The molecule has 3 aromatic carbocycles. The van der Waals surface area contributed by atoms with Gasteiger partial charge >= 0.3 is 0 Å². The third-order valence-corrected chi connectivity index (χ3v) is 3.84. The molecule has 2 nitrogen and oxygen atoms in total. The molecule has 3 rings (SSSR count). The highest BCUT2D eigenvalue weighted by molar-refractivity contribution is 6.33. The summed E-state index contributed by atoms with van der Waals surface area (Å²) in [5.74, 6) is 0.796. The summed E-state index contributed by atoms with van der Waals surface area (Å²) in [4.78, 5) is 0. The van der Waals surface area contributed by atoms with Crippen molar-refractivity contribution in [1.29, 1.82) is 5.26 Å². The van der Waals surface area contributed by atoms with Crippen LogP contribution in [0.15, 0.2) is 72.8 Å². The van der Waals surface area contributed by atoms with E-state index >= 15 is 0 Å². The molecule has 112 valence electrons. The van der Waals surface area contributed by atoms with Gasteiger partial charge in [-0.3, -0.25) is 0 Å². The van der Waals surface area contributed by atoms with Crippen molar-refractivity contribution < 1.29 is 4.74 Å². The summed E-state index contributed by atoms with van der Waals surface area (Å²) >= 11 is 6.23. The lowest BCUT2D eigenvalue weighted by Gasteiger charge is -2.09. The number of rotatable bonds is 4. The van der Waals surface area contributed by atoms with E-state index in [-0.39, 0.29) is 0 Å². The van der Waals surface area contributed by atoms with Crippen LogP contribution in [0.5, 0.6) is 5.75 Å². The van der Waals surface area contributed by atoms with Crippen molar-refractivity contribution >= 4 is 11.6 Å². The summed E-state index contributed by atoms with van der Waals surface area (Å²) < 4.78 is 5.77. The molecule has 0 N–H and O–H groups in total. The maximum Gasteiger partial charge on any atom is 0.119 e. The molecule has 0 spiro atoms. The van der Waals surface area contributed by atoms with Crippen molar-refractivity contribution in [3.63, 3.8) is 0 Å². The Labute approximate surface area is 140 Å². The van der Waals surface area contributed by atoms with Crippen molar-refractivity contribution in [3.8, 4) is 22.9 Å². The van der Waals surface area contributed by atoms with Gasteiger partial charge in [0.05, 0.1) is 11.6 Å². The molecule has 0 aliphatic carbocycles. The smallest absolute Gasteiger partial charge is 0.119 e. The molecule has 0 aliphatic heterocycles. The normalized spacial score (nSPS) is 10.1. The standard InChI is InChI=1S/C20H14ClNO/c21-20-11-6-16(13-22)12-19(20)17-7-9-18(10-8-17)23-14-15-4-2-1-3-5-15/h1-12H,14H2. The van der Waals surface area contributed by atoms with Crippen LogP contribution in [-0.4, -0.2) is 0 Å². The molecular weight excluding hydrogens is 306 g/mol. The topological polar surface area (TPSA) is 33.0 Å². The first kappa shape index (κ1) is 15.1. The molecule has 0 atom stereocenters. The minimum atomic E-state index is 0.533. The van der Waals surface area contributed by atoms with Crippen LogP contribution in [0.2, 0.25) is 5.02 Å². The number of hydrogen-bond donors (Lipinski definition) is 0. The first-order chi connectivity index (χ1) is 11.3. The van der Waals surface area contributed by atoms with Crippen molar-refractivity contribution in [2.24, 2.45) is 0 Å². The number of nitrogens with zero attached hydrogens (tertiary/aromatic N) is 1. The van der Waals surface area contributed by atoms with Gasteiger partial charge in [0, 0.05) is 10.6 Å². The molecule has 0 aliphatic rings. The lowest BCUT2D eigenvalue weighted by Crippen LogP contribution is -1.94. The van der Waals surface area contributed by atoms with Crippen LogP contribution in [0.25, 0.3) is 11.1 Å². The predicted octanol–water partition coefficient (Wildman–Crippen LogP) is 5.46. The summed E-state index contributed by atoms with van der Waals surface area (Å²) in [5.41, 5.74) is 3.52. The van der Waals surface area contributed by atoms with Crippen molar-refractivity contribution in [3.05, 3.63) is 88.9 Å². The molecule has 23 heavy (non-hydrogen) atoms. The van der Waals surface area contributed by atoms with E-state index in [2.05, 4.69) is 6.07 Å². The minimum absolute atomic E-state index is 0.533. The first-order valence-electron chi connectivity index (χ1n) is 7.23. The zero-order chi connectivity index (χ0) is 16.1. The molecule has 0 unspecified atom stereocenters. The van der Waals surface area contributed by atoms with Crippen molar-refractivity contribution in [1.82, 2.24) is 0 Å². The van der Waals surface area contributed by atoms with E-state index in [1.54, 1.807) is 18.2 Å². The zero-order valence-electron chi connectivity index (χ0n) is 12.4. The molecule has 0 aromatic heterocycles. The van der Waals surface area contributed by atoms with Gasteiger partial charge in [0.2, 0.25) is 0 Å². The third kappa shape index (κ3) is 3.71. The van der Waals surface area contributed by atoms with Gasteiger partial charge in [0.25, 0.3) is 0 Å². The Morgan fingerprint density at radius 3 is 2.35 bits per heavy atom. The molecule has 0 heterocycles. The first-order valence-corrected chi connectivity index (χ1v) is 7.61. The van der Waals surface area contributed by atoms with E-state index in [1.807, 2.05) is 54.6 Å². The molecule has 0 saturated carbocycles. The van der Waals surface area contributed by atoms with Gasteiger partial charge in [-0.15, -0.1) is 0 Å². The lowest BCUT2D eigenvalue weighted by atomic mass is 10.0. The van der Waals surface area contributed by atoms with Gasteiger partial charge in [0.1, 0.15) is 12.4 Å². The van der Waals surface area contributed by atoms with Crippen LogP contribution < -0.4 is 4.74 Å². The predicted molar refractivity (Wildman–Crippen MR) is 92.4 cm³/mol. The maximum absolute atomic E-state index is 9.01. The molecule has 0 radical (unpaired) electrons. The molecule has 3 aromatic rings. The molecule has 0 bridgehead atoms. The summed E-state index contributed by atoms with van der Waals surface area (Å²) in [7, 11) is 0. The second-order valence-corrected chi connectivity index (χ2v) is 5.51. The van der Waals surface area contributed by atoms with Gasteiger partial charge in [-0.05, 0) is 41.5 Å². The van der Waals surface area contributed by atoms with E-state index in [0.29, 0.717) is 17.2 Å². The monoisotopic (exact) mass is 319 g/mol.